The number of nitrogens with one attached hydrogen (secondary N) is 2. The number of amides is 3. The second kappa shape index (κ2) is 9.21. The number of carbonyl (C=O) groups is 2. The molecule has 0 atom stereocenters. The number of sulfonamides is 1. The first kappa shape index (κ1) is 21.9. The summed E-state index contributed by atoms with van der Waals surface area (Å²) >= 11 is 2.70. The molecule has 2 aromatic heterocycles. The maximum Gasteiger partial charge on any atom is 0.335 e. The Hall–Kier alpha value is -2.38. The largest absolute Gasteiger partial charge is 0.345 e. The van der Waals surface area contributed by atoms with Gasteiger partial charge in [0.1, 0.15) is 10.1 Å². The van der Waals surface area contributed by atoms with E-state index >= 15 is 0 Å². The van der Waals surface area contributed by atoms with Crippen molar-refractivity contribution in [2.24, 2.45) is 0 Å². The first-order valence-electron chi connectivity index (χ1n) is 7.65. The van der Waals surface area contributed by atoms with Gasteiger partial charge in [-0.05, 0) is 24.6 Å². The average Bonchev–Trinajstić information content (AvgIpc) is 2.66. The Kier molecular flexibility index (Phi) is 7.21. The fourth-order valence-corrected chi connectivity index (χ4v) is 3.90. The van der Waals surface area contributed by atoms with E-state index in [9.17, 15) is 18.0 Å². The molecule has 2 heterocycles. The van der Waals surface area contributed by atoms with E-state index in [0.717, 1.165) is 0 Å². The summed E-state index contributed by atoms with van der Waals surface area (Å²) in [5, 5.41) is 2.96. The van der Waals surface area contributed by atoms with Crippen LogP contribution in [0.5, 0.6) is 0 Å². The zero-order chi connectivity index (χ0) is 20.9. The van der Waals surface area contributed by atoms with E-state index in [4.69, 9.17) is 0 Å². The molecule has 0 saturated carbocycles. The van der Waals surface area contributed by atoms with Gasteiger partial charge >= 0.3 is 6.03 Å². The highest BCUT2D eigenvalue weighted by Gasteiger charge is 2.27. The van der Waals surface area contributed by atoms with Crippen LogP contribution < -0.4 is 10.0 Å². The molecule has 0 radical (unpaired) electrons. The number of hydrogen-bond donors (Lipinski definition) is 2. The molecule has 13 heteroatoms. The average molecular weight is 443 g/mol. The van der Waals surface area contributed by atoms with Crippen LogP contribution in [0.1, 0.15) is 10.4 Å². The number of aromatic nitrogens is 3. The predicted octanol–water partition coefficient (Wildman–Crippen LogP) is 1.53. The second-order valence-electron chi connectivity index (χ2n) is 5.39. The maximum atomic E-state index is 12.6. The van der Waals surface area contributed by atoms with E-state index in [2.05, 4.69) is 20.3 Å². The molecule has 0 spiro atoms. The highest BCUT2D eigenvalue weighted by Crippen LogP contribution is 2.20. The van der Waals surface area contributed by atoms with Gasteiger partial charge in [0.2, 0.25) is 5.95 Å². The van der Waals surface area contributed by atoms with E-state index < -0.39 is 27.0 Å². The summed E-state index contributed by atoms with van der Waals surface area (Å²) in [4.78, 5) is 37.6. The van der Waals surface area contributed by atoms with E-state index in [1.807, 2.05) is 17.2 Å². The van der Waals surface area contributed by atoms with Gasteiger partial charge in [0.25, 0.3) is 15.9 Å². The summed E-state index contributed by atoms with van der Waals surface area (Å²) < 4.78 is 27.0. The van der Waals surface area contributed by atoms with Gasteiger partial charge in [-0.15, -0.1) is 23.5 Å². The van der Waals surface area contributed by atoms with Gasteiger partial charge in [-0.2, -0.15) is 8.42 Å². The smallest absolute Gasteiger partial charge is 0.335 e. The number of nitrogens with zero attached hydrogens (tertiary/aromatic N) is 4. The first-order valence-corrected chi connectivity index (χ1v) is 11.6. The van der Waals surface area contributed by atoms with Gasteiger partial charge in [-0.3, -0.25) is 10.1 Å². The lowest BCUT2D eigenvalue weighted by Crippen LogP contribution is -2.36. The molecule has 0 aliphatic rings. The molecule has 0 aliphatic carbocycles. The monoisotopic (exact) mass is 442 g/mol. The van der Waals surface area contributed by atoms with Gasteiger partial charge in [-0.1, -0.05) is 0 Å². The summed E-state index contributed by atoms with van der Waals surface area (Å²) in [5.41, 5.74) is -0.155. The van der Waals surface area contributed by atoms with Crippen LogP contribution >= 0.6 is 23.5 Å². The van der Waals surface area contributed by atoms with Crippen molar-refractivity contribution in [3.8, 4) is 0 Å². The Morgan fingerprint density at radius 2 is 1.71 bits per heavy atom. The van der Waals surface area contributed by atoms with Crippen molar-refractivity contribution < 1.29 is 18.0 Å². The third kappa shape index (κ3) is 5.33. The molecule has 10 nitrogen and oxygen atoms in total. The Bertz CT molecular complexity index is 975. The lowest BCUT2D eigenvalue weighted by atomic mass is 10.2. The van der Waals surface area contributed by atoms with Crippen LogP contribution in [0.25, 0.3) is 0 Å². The normalized spacial score (nSPS) is 11.0. The predicted molar refractivity (Wildman–Crippen MR) is 107 cm³/mol. The fourth-order valence-electron chi connectivity index (χ4n) is 1.98. The Balaban J connectivity index is 2.26. The van der Waals surface area contributed by atoms with E-state index in [1.54, 1.807) is 6.07 Å². The highest BCUT2D eigenvalue weighted by molar-refractivity contribution is 7.99. The SMILES string of the molecule is CSc1cc(SC)nc(NC(=O)NS(=O)(=O)c2ncccc2C(=O)N(C)C)n1. The van der Waals surface area contributed by atoms with E-state index in [0.29, 0.717) is 10.1 Å². The molecule has 2 N–H and O–H groups in total. The van der Waals surface area contributed by atoms with Crippen LogP contribution in [0.2, 0.25) is 0 Å². The summed E-state index contributed by atoms with van der Waals surface area (Å²) in [6.45, 7) is 0. The Morgan fingerprint density at radius 1 is 1.11 bits per heavy atom. The number of urea groups is 1. The molecule has 2 aromatic rings. The Morgan fingerprint density at radius 3 is 2.25 bits per heavy atom. The first-order chi connectivity index (χ1) is 13.2. The number of hydrogen-bond acceptors (Lipinski definition) is 9. The molecule has 0 fully saturated rings. The third-order valence-corrected chi connectivity index (χ3v) is 5.76. The van der Waals surface area contributed by atoms with Crippen LogP contribution in [0.15, 0.2) is 39.5 Å². The minimum atomic E-state index is -4.41. The summed E-state index contributed by atoms with van der Waals surface area (Å²) in [5.74, 6) is -0.607. The molecular formula is C15H18N6O4S3. The molecule has 28 heavy (non-hydrogen) atoms. The summed E-state index contributed by atoms with van der Waals surface area (Å²) in [7, 11) is -1.45. The minimum absolute atomic E-state index is 0.0467. The van der Waals surface area contributed by atoms with Gasteiger partial charge in [0.15, 0.2) is 5.03 Å². The van der Waals surface area contributed by atoms with Crippen LogP contribution in [0, 0.1) is 0 Å². The van der Waals surface area contributed by atoms with Crippen molar-refractivity contribution in [3.63, 3.8) is 0 Å². The molecule has 0 aliphatic heterocycles. The third-order valence-electron chi connectivity index (χ3n) is 3.21. The number of anilines is 1. The van der Waals surface area contributed by atoms with Crippen LogP contribution in [0.3, 0.4) is 0 Å². The Labute approximate surface area is 171 Å². The maximum absolute atomic E-state index is 12.6. The molecule has 2 rings (SSSR count). The van der Waals surface area contributed by atoms with Crippen molar-refractivity contribution in [1.82, 2.24) is 24.6 Å². The quantitative estimate of drug-likeness (QED) is 0.504. The zero-order valence-corrected chi connectivity index (χ0v) is 17.9. The van der Waals surface area contributed by atoms with Crippen LogP contribution in [-0.2, 0) is 10.0 Å². The van der Waals surface area contributed by atoms with Crippen molar-refractivity contribution in [2.75, 3.05) is 31.9 Å². The minimum Gasteiger partial charge on any atom is -0.345 e. The van der Waals surface area contributed by atoms with E-state index in [1.165, 1.54) is 60.8 Å². The molecule has 0 unspecified atom stereocenters. The summed E-state index contributed by atoms with van der Waals surface area (Å²) in [6, 6.07) is 3.42. The molecule has 3 amide bonds. The standard InChI is InChI=1S/C15H18N6O4S3/c1-21(2)13(22)9-6-5-7-16-12(9)28(24,25)20-15(23)19-14-17-10(26-3)8-11(18-14)27-4/h5-8H,1-4H3,(H2,17,18,19,20,23). The van der Waals surface area contributed by atoms with Crippen molar-refractivity contribution in [2.45, 2.75) is 15.1 Å². The van der Waals surface area contributed by atoms with Gasteiger partial charge in [0.05, 0.1) is 5.56 Å². The second-order valence-corrected chi connectivity index (χ2v) is 8.64. The summed E-state index contributed by atoms with van der Waals surface area (Å²) in [6.07, 6.45) is 4.84. The number of rotatable bonds is 6. The molecule has 0 bridgehead atoms. The van der Waals surface area contributed by atoms with Crippen molar-refractivity contribution in [1.29, 1.82) is 0 Å². The van der Waals surface area contributed by atoms with Crippen molar-refractivity contribution in [3.05, 3.63) is 30.0 Å². The lowest BCUT2D eigenvalue weighted by molar-refractivity contribution is 0.0823. The zero-order valence-electron chi connectivity index (χ0n) is 15.5. The number of pyridine rings is 1. The molecular weight excluding hydrogens is 424 g/mol. The topological polar surface area (TPSA) is 134 Å². The van der Waals surface area contributed by atoms with Crippen molar-refractivity contribution >= 4 is 51.4 Å². The van der Waals surface area contributed by atoms with Gasteiger partial charge in [-0.25, -0.2) is 24.5 Å². The van der Waals surface area contributed by atoms with Crippen LogP contribution in [-0.4, -0.2) is 66.8 Å². The van der Waals surface area contributed by atoms with Gasteiger partial charge in [0, 0.05) is 26.4 Å². The lowest BCUT2D eigenvalue weighted by Gasteiger charge is -2.14. The van der Waals surface area contributed by atoms with Crippen LogP contribution in [0.4, 0.5) is 10.7 Å². The van der Waals surface area contributed by atoms with Gasteiger partial charge < -0.3 is 4.90 Å². The molecule has 0 saturated heterocycles. The number of thioether (sulfide) groups is 2. The fraction of sp³-hybridized carbons (Fsp3) is 0.267. The highest BCUT2D eigenvalue weighted by atomic mass is 32.2. The van der Waals surface area contributed by atoms with E-state index in [-0.39, 0.29) is 11.5 Å². The number of carbonyl (C=O) groups excluding carboxylic acids is 2. The molecule has 0 aromatic carbocycles. The molecule has 150 valence electrons.